The molecule has 0 saturated carbocycles. The molecule has 1 N–H and O–H groups in total. The number of nitriles is 1. The Labute approximate surface area is 182 Å². The average Bonchev–Trinajstić information content (AvgIpc) is 2.74. The third kappa shape index (κ3) is 5.12. The van der Waals surface area contributed by atoms with Gasteiger partial charge in [0.25, 0.3) is 0 Å². The minimum atomic E-state index is -3.96. The quantitative estimate of drug-likeness (QED) is 0.475. The van der Waals surface area contributed by atoms with Crippen molar-refractivity contribution in [1.29, 1.82) is 5.26 Å². The number of aryl methyl sites for hydroxylation is 2. The van der Waals surface area contributed by atoms with Crippen LogP contribution < -0.4 is 5.32 Å². The van der Waals surface area contributed by atoms with E-state index in [0.717, 1.165) is 22.4 Å². The molecule has 4 nitrogen and oxygen atoms in total. The van der Waals surface area contributed by atoms with Crippen molar-refractivity contribution in [2.45, 2.75) is 24.5 Å². The monoisotopic (exact) mass is 434 g/mol. The molecule has 30 heavy (non-hydrogen) atoms. The Morgan fingerprint density at radius 3 is 2.33 bits per heavy atom. The second kappa shape index (κ2) is 9.66. The summed E-state index contributed by atoms with van der Waals surface area (Å²) in [6, 6.07) is 25.5. The van der Waals surface area contributed by atoms with Crippen LogP contribution in [0, 0.1) is 25.2 Å². The summed E-state index contributed by atoms with van der Waals surface area (Å²) in [6.45, 7) is 3.97. The van der Waals surface area contributed by atoms with E-state index in [2.05, 4.69) is 5.32 Å². The van der Waals surface area contributed by atoms with Gasteiger partial charge < -0.3 is 5.32 Å². The number of hydrogen-bond donors (Lipinski definition) is 1. The van der Waals surface area contributed by atoms with E-state index in [-0.39, 0.29) is 9.80 Å². The summed E-state index contributed by atoms with van der Waals surface area (Å²) < 4.78 is 26.4. The zero-order valence-electron chi connectivity index (χ0n) is 16.8. The highest BCUT2D eigenvalue weighted by molar-refractivity contribution is 8.04. The van der Waals surface area contributed by atoms with Crippen molar-refractivity contribution in [1.82, 2.24) is 0 Å². The summed E-state index contributed by atoms with van der Waals surface area (Å²) in [7, 11) is -3.96. The molecule has 3 aromatic carbocycles. The fraction of sp³-hybridized carbons (Fsp3) is 0.125. The molecule has 0 bridgehead atoms. The van der Waals surface area contributed by atoms with Crippen molar-refractivity contribution in [3.8, 4) is 6.07 Å². The molecule has 0 aliphatic rings. The zero-order chi connectivity index (χ0) is 21.6. The van der Waals surface area contributed by atoms with Crippen LogP contribution in [0.1, 0.15) is 16.7 Å². The lowest BCUT2D eigenvalue weighted by Crippen LogP contribution is -2.10. The number of sulfone groups is 1. The van der Waals surface area contributed by atoms with E-state index in [9.17, 15) is 13.7 Å². The lowest BCUT2D eigenvalue weighted by Gasteiger charge is -2.15. The maximum absolute atomic E-state index is 13.2. The Bertz CT molecular complexity index is 1210. The molecule has 0 radical (unpaired) electrons. The van der Waals surface area contributed by atoms with Crippen LogP contribution in [0.3, 0.4) is 0 Å². The molecule has 0 aromatic heterocycles. The molecule has 0 aliphatic heterocycles. The molecule has 0 heterocycles. The first-order chi connectivity index (χ1) is 14.4. The number of hydrogen-bond acceptors (Lipinski definition) is 5. The molecule has 6 heteroatoms. The smallest absolute Gasteiger partial charge is 0.219 e. The summed E-state index contributed by atoms with van der Waals surface area (Å²) >= 11 is 1.31. The van der Waals surface area contributed by atoms with Crippen LogP contribution in [-0.4, -0.2) is 8.42 Å². The van der Waals surface area contributed by atoms with E-state index in [0.29, 0.717) is 10.8 Å². The minimum Gasteiger partial charge on any atom is -0.349 e. The highest BCUT2D eigenvalue weighted by Gasteiger charge is 2.25. The predicted molar refractivity (Wildman–Crippen MR) is 124 cm³/mol. The number of rotatable bonds is 7. The van der Waals surface area contributed by atoms with Crippen LogP contribution >= 0.6 is 11.8 Å². The van der Waals surface area contributed by atoms with E-state index in [4.69, 9.17) is 0 Å². The first-order valence-corrected chi connectivity index (χ1v) is 11.8. The number of nitrogens with zero attached hydrogens (tertiary/aromatic N) is 1. The van der Waals surface area contributed by atoms with Crippen LogP contribution in [-0.2, 0) is 15.6 Å². The predicted octanol–water partition coefficient (Wildman–Crippen LogP) is 5.82. The van der Waals surface area contributed by atoms with Crippen molar-refractivity contribution in [2.24, 2.45) is 0 Å². The molecule has 0 spiro atoms. The molecule has 0 aliphatic carbocycles. The molecule has 0 amide bonds. The molecule has 3 aromatic rings. The van der Waals surface area contributed by atoms with Gasteiger partial charge in [-0.2, -0.15) is 5.26 Å². The molecule has 0 fully saturated rings. The van der Waals surface area contributed by atoms with Crippen molar-refractivity contribution in [3.05, 3.63) is 105 Å². The summed E-state index contributed by atoms with van der Waals surface area (Å²) in [4.78, 5) is -0.185. The molecule has 152 valence electrons. The lowest BCUT2D eigenvalue weighted by atomic mass is 10.1. The molecular weight excluding hydrogens is 412 g/mol. The lowest BCUT2D eigenvalue weighted by molar-refractivity contribution is 0.603. The Kier molecular flexibility index (Phi) is 6.99. The number of thioether (sulfide) groups is 1. The second-order valence-corrected chi connectivity index (χ2v) is 9.67. The number of anilines is 1. The van der Waals surface area contributed by atoms with Gasteiger partial charge in [-0.15, -0.1) is 11.8 Å². The highest BCUT2D eigenvalue weighted by atomic mass is 32.2. The number of nitrogens with one attached hydrogen (secondary N) is 1. The van der Waals surface area contributed by atoms with Crippen LogP contribution in [0.2, 0.25) is 0 Å². The third-order valence-electron chi connectivity index (χ3n) is 4.54. The SMILES string of the molecule is Cc1cccc(NC(SCc2ccccc2C)=C(C#N)S(=O)(=O)c2ccccc2)c1. The average molecular weight is 435 g/mol. The fourth-order valence-electron chi connectivity index (χ4n) is 2.88. The van der Waals surface area contributed by atoms with Crippen LogP contribution in [0.4, 0.5) is 5.69 Å². The van der Waals surface area contributed by atoms with Gasteiger partial charge in [0.1, 0.15) is 11.1 Å². The summed E-state index contributed by atoms with van der Waals surface area (Å²) in [6.07, 6.45) is 0. The van der Waals surface area contributed by atoms with Gasteiger partial charge in [0.15, 0.2) is 4.91 Å². The highest BCUT2D eigenvalue weighted by Crippen LogP contribution is 2.32. The molecular formula is C24H22N2O2S2. The largest absolute Gasteiger partial charge is 0.349 e. The number of benzene rings is 3. The first-order valence-electron chi connectivity index (χ1n) is 9.37. The standard InChI is InChI=1S/C24H22N2O2S2/c1-18-9-8-12-21(15-18)26-24(29-17-20-11-7-6-10-19(20)2)23(16-25)30(27,28)22-13-4-3-5-14-22/h3-15,26H,17H2,1-2H3. The maximum Gasteiger partial charge on any atom is 0.219 e. The molecule has 0 atom stereocenters. The summed E-state index contributed by atoms with van der Waals surface area (Å²) in [5.41, 5.74) is 3.97. The van der Waals surface area contributed by atoms with Gasteiger partial charge in [-0.05, 0) is 54.8 Å². The normalized spacial score (nSPS) is 12.0. The van der Waals surface area contributed by atoms with Crippen LogP contribution in [0.15, 0.2) is 93.7 Å². The Balaban J connectivity index is 2.06. The second-order valence-electron chi connectivity index (χ2n) is 6.80. The van der Waals surface area contributed by atoms with Gasteiger partial charge >= 0.3 is 0 Å². The van der Waals surface area contributed by atoms with E-state index in [1.807, 2.05) is 68.4 Å². The van der Waals surface area contributed by atoms with E-state index >= 15 is 0 Å². The Hall–Kier alpha value is -3.01. The topological polar surface area (TPSA) is 70.0 Å². The number of allylic oxidation sites excluding steroid dienone is 1. The van der Waals surface area contributed by atoms with Gasteiger partial charge in [-0.3, -0.25) is 0 Å². The molecule has 3 rings (SSSR count). The fourth-order valence-corrected chi connectivity index (χ4v) is 5.55. The summed E-state index contributed by atoms with van der Waals surface area (Å²) in [5.74, 6) is 0.538. The zero-order valence-corrected chi connectivity index (χ0v) is 18.4. The molecule has 0 unspecified atom stereocenters. The Morgan fingerprint density at radius 1 is 0.967 bits per heavy atom. The van der Waals surface area contributed by atoms with E-state index in [1.165, 1.54) is 23.9 Å². The van der Waals surface area contributed by atoms with Crippen molar-refractivity contribution in [2.75, 3.05) is 5.32 Å². The van der Waals surface area contributed by atoms with Gasteiger partial charge in [0, 0.05) is 11.4 Å². The third-order valence-corrected chi connectivity index (χ3v) is 7.44. The maximum atomic E-state index is 13.2. The Morgan fingerprint density at radius 2 is 1.67 bits per heavy atom. The first kappa shape index (κ1) is 21.7. The van der Waals surface area contributed by atoms with Gasteiger partial charge in [0.05, 0.1) is 4.90 Å². The van der Waals surface area contributed by atoms with Crippen molar-refractivity contribution < 1.29 is 8.42 Å². The van der Waals surface area contributed by atoms with Gasteiger partial charge in [0.2, 0.25) is 9.84 Å². The molecule has 0 saturated heterocycles. The summed E-state index contributed by atoms with van der Waals surface area (Å²) in [5, 5.41) is 13.3. The minimum absolute atomic E-state index is 0.0987. The van der Waals surface area contributed by atoms with E-state index in [1.54, 1.807) is 18.2 Å². The van der Waals surface area contributed by atoms with Gasteiger partial charge in [-0.1, -0.05) is 54.6 Å². The van der Waals surface area contributed by atoms with E-state index < -0.39 is 9.84 Å². The van der Waals surface area contributed by atoms with Crippen molar-refractivity contribution >= 4 is 27.3 Å². The van der Waals surface area contributed by atoms with Crippen LogP contribution in [0.25, 0.3) is 0 Å². The van der Waals surface area contributed by atoms with Crippen molar-refractivity contribution in [3.63, 3.8) is 0 Å². The van der Waals surface area contributed by atoms with Crippen LogP contribution in [0.5, 0.6) is 0 Å². The van der Waals surface area contributed by atoms with Gasteiger partial charge in [-0.25, -0.2) is 8.42 Å².